The first kappa shape index (κ1) is 26.4. The summed E-state index contributed by atoms with van der Waals surface area (Å²) in [4.78, 5) is 7.27. The SMILES string of the molecule is CCNC(=NCc1ccc(CN2CCCC2)cc1)NCCCOCC1CCOCC1.I. The third-order valence-electron chi connectivity index (χ3n) is 5.84. The minimum Gasteiger partial charge on any atom is -0.381 e. The Bertz CT molecular complexity index is 615. The van der Waals surface area contributed by atoms with Crippen molar-refractivity contribution in [3.05, 3.63) is 35.4 Å². The van der Waals surface area contributed by atoms with Crippen LogP contribution in [0.1, 0.15) is 50.2 Å². The van der Waals surface area contributed by atoms with E-state index >= 15 is 0 Å². The van der Waals surface area contributed by atoms with E-state index in [0.717, 1.165) is 71.3 Å². The largest absolute Gasteiger partial charge is 0.381 e. The third-order valence-corrected chi connectivity index (χ3v) is 5.84. The van der Waals surface area contributed by atoms with Crippen LogP contribution in [0.15, 0.2) is 29.3 Å². The molecule has 7 heteroatoms. The molecule has 6 nitrogen and oxygen atoms in total. The fraction of sp³-hybridized carbons (Fsp3) is 0.708. The second kappa shape index (κ2) is 15.8. The summed E-state index contributed by atoms with van der Waals surface area (Å²) in [5, 5.41) is 6.75. The zero-order chi connectivity index (χ0) is 20.9. The molecule has 2 heterocycles. The normalized spacial score (nSPS) is 18.0. The van der Waals surface area contributed by atoms with E-state index in [-0.39, 0.29) is 24.0 Å². The lowest BCUT2D eigenvalue weighted by Crippen LogP contribution is -2.38. The van der Waals surface area contributed by atoms with Gasteiger partial charge in [-0.1, -0.05) is 24.3 Å². The number of guanidine groups is 1. The van der Waals surface area contributed by atoms with E-state index in [0.29, 0.717) is 12.5 Å². The number of aliphatic imine (C=N–C) groups is 1. The lowest BCUT2D eigenvalue weighted by atomic mass is 10.0. The molecule has 2 aliphatic rings. The minimum absolute atomic E-state index is 0. The lowest BCUT2D eigenvalue weighted by Gasteiger charge is -2.21. The highest BCUT2D eigenvalue weighted by molar-refractivity contribution is 14.0. The Hall–Kier alpha value is -0.900. The Morgan fingerprint density at radius 3 is 2.52 bits per heavy atom. The molecule has 2 saturated heterocycles. The van der Waals surface area contributed by atoms with Crippen LogP contribution >= 0.6 is 24.0 Å². The highest BCUT2D eigenvalue weighted by atomic mass is 127. The molecule has 2 fully saturated rings. The average molecular weight is 545 g/mol. The van der Waals surface area contributed by atoms with Gasteiger partial charge in [0.1, 0.15) is 0 Å². The molecule has 0 aliphatic carbocycles. The van der Waals surface area contributed by atoms with Crippen LogP contribution < -0.4 is 10.6 Å². The molecule has 2 aliphatic heterocycles. The van der Waals surface area contributed by atoms with Gasteiger partial charge in [-0.05, 0) is 69.2 Å². The number of benzene rings is 1. The Labute approximate surface area is 205 Å². The lowest BCUT2D eigenvalue weighted by molar-refractivity contribution is 0.0203. The average Bonchev–Trinajstić information content (AvgIpc) is 3.29. The van der Waals surface area contributed by atoms with E-state index in [9.17, 15) is 0 Å². The zero-order valence-corrected chi connectivity index (χ0v) is 21.4. The molecule has 31 heavy (non-hydrogen) atoms. The molecule has 0 atom stereocenters. The predicted octanol–water partition coefficient (Wildman–Crippen LogP) is 3.79. The fourth-order valence-corrected chi connectivity index (χ4v) is 4.01. The Balaban J connectivity index is 0.00000341. The molecule has 0 spiro atoms. The van der Waals surface area contributed by atoms with Gasteiger partial charge >= 0.3 is 0 Å². The van der Waals surface area contributed by atoms with Gasteiger partial charge in [0.15, 0.2) is 5.96 Å². The van der Waals surface area contributed by atoms with Crippen LogP contribution in [0.2, 0.25) is 0 Å². The Morgan fingerprint density at radius 1 is 1.10 bits per heavy atom. The van der Waals surface area contributed by atoms with Gasteiger partial charge in [-0.25, -0.2) is 4.99 Å². The van der Waals surface area contributed by atoms with Crippen LogP contribution in [0.25, 0.3) is 0 Å². The summed E-state index contributed by atoms with van der Waals surface area (Å²) in [5.74, 6) is 1.55. The monoisotopic (exact) mass is 544 g/mol. The van der Waals surface area contributed by atoms with Crippen LogP contribution in [0.5, 0.6) is 0 Å². The van der Waals surface area contributed by atoms with E-state index in [1.165, 1.54) is 37.1 Å². The second-order valence-corrected chi connectivity index (χ2v) is 8.41. The van der Waals surface area contributed by atoms with Crippen molar-refractivity contribution in [3.8, 4) is 0 Å². The first-order valence-corrected chi connectivity index (χ1v) is 11.8. The summed E-state index contributed by atoms with van der Waals surface area (Å²) in [6.07, 6.45) is 5.94. The van der Waals surface area contributed by atoms with Gasteiger partial charge in [0.2, 0.25) is 0 Å². The molecule has 0 bridgehead atoms. The van der Waals surface area contributed by atoms with Gasteiger partial charge < -0.3 is 20.1 Å². The van der Waals surface area contributed by atoms with Gasteiger partial charge in [0.25, 0.3) is 0 Å². The summed E-state index contributed by atoms with van der Waals surface area (Å²) in [5.41, 5.74) is 2.65. The van der Waals surface area contributed by atoms with Crippen molar-refractivity contribution < 1.29 is 9.47 Å². The molecule has 0 radical (unpaired) electrons. The molecule has 2 N–H and O–H groups in total. The summed E-state index contributed by atoms with van der Waals surface area (Å²) in [6, 6.07) is 8.92. The number of rotatable bonds is 11. The van der Waals surface area contributed by atoms with Crippen LogP contribution in [-0.4, -0.2) is 63.5 Å². The first-order valence-electron chi connectivity index (χ1n) is 11.8. The molecule has 0 aromatic heterocycles. The van der Waals surface area contributed by atoms with Gasteiger partial charge in [-0.3, -0.25) is 4.90 Å². The van der Waals surface area contributed by atoms with Crippen LogP contribution in [0.3, 0.4) is 0 Å². The van der Waals surface area contributed by atoms with Crippen molar-refractivity contribution in [3.63, 3.8) is 0 Å². The Kier molecular flexibility index (Phi) is 13.5. The highest BCUT2D eigenvalue weighted by Gasteiger charge is 2.13. The van der Waals surface area contributed by atoms with E-state index in [2.05, 4.69) is 46.7 Å². The van der Waals surface area contributed by atoms with Crippen molar-refractivity contribution in [2.45, 2.75) is 52.1 Å². The molecule has 0 saturated carbocycles. The van der Waals surface area contributed by atoms with Crippen molar-refractivity contribution in [1.29, 1.82) is 0 Å². The van der Waals surface area contributed by atoms with Crippen molar-refractivity contribution in [1.82, 2.24) is 15.5 Å². The maximum absolute atomic E-state index is 5.84. The molecule has 0 amide bonds. The van der Waals surface area contributed by atoms with E-state index in [1.807, 2.05) is 0 Å². The number of nitrogens with one attached hydrogen (secondary N) is 2. The topological polar surface area (TPSA) is 58.1 Å². The molecule has 0 unspecified atom stereocenters. The summed E-state index contributed by atoms with van der Waals surface area (Å²) in [6.45, 7) is 11.5. The quantitative estimate of drug-likeness (QED) is 0.192. The highest BCUT2D eigenvalue weighted by Crippen LogP contribution is 2.15. The molecule has 1 aromatic carbocycles. The first-order chi connectivity index (χ1) is 14.8. The van der Waals surface area contributed by atoms with Crippen molar-refractivity contribution in [2.75, 3.05) is 52.6 Å². The second-order valence-electron chi connectivity index (χ2n) is 8.41. The molecule has 176 valence electrons. The van der Waals surface area contributed by atoms with Gasteiger partial charge in [0, 0.05) is 46.1 Å². The van der Waals surface area contributed by atoms with Gasteiger partial charge in [-0.15, -0.1) is 24.0 Å². The Morgan fingerprint density at radius 2 is 1.81 bits per heavy atom. The number of halogens is 1. The summed E-state index contributed by atoms with van der Waals surface area (Å²) < 4.78 is 11.2. The molecule has 3 rings (SSSR count). The molecular formula is C24H41IN4O2. The van der Waals surface area contributed by atoms with Crippen molar-refractivity contribution >= 4 is 29.9 Å². The number of hydrogen-bond donors (Lipinski definition) is 2. The zero-order valence-electron chi connectivity index (χ0n) is 19.1. The van der Waals surface area contributed by atoms with Gasteiger partial charge in [-0.2, -0.15) is 0 Å². The molecular weight excluding hydrogens is 503 g/mol. The predicted molar refractivity (Wildman–Crippen MR) is 138 cm³/mol. The minimum atomic E-state index is 0. The maximum atomic E-state index is 5.84. The van der Waals surface area contributed by atoms with Crippen LogP contribution in [0.4, 0.5) is 0 Å². The summed E-state index contributed by atoms with van der Waals surface area (Å²) in [7, 11) is 0. The third kappa shape index (κ3) is 10.5. The number of nitrogens with zero attached hydrogens (tertiary/aromatic N) is 2. The number of likely N-dealkylation sites (tertiary alicyclic amines) is 1. The van der Waals surface area contributed by atoms with E-state index in [1.54, 1.807) is 0 Å². The fourth-order valence-electron chi connectivity index (χ4n) is 4.01. The summed E-state index contributed by atoms with van der Waals surface area (Å²) >= 11 is 0. The van der Waals surface area contributed by atoms with E-state index < -0.39 is 0 Å². The van der Waals surface area contributed by atoms with Crippen LogP contribution in [-0.2, 0) is 22.6 Å². The molecule has 1 aromatic rings. The standard InChI is InChI=1S/C24H40N4O2.HI/c1-2-25-24(26-12-5-15-30-20-23-10-16-29-17-11-23)27-18-21-6-8-22(9-7-21)19-28-13-3-4-14-28;/h6-9,23H,2-5,10-20H2,1H3,(H2,25,26,27);1H. The maximum Gasteiger partial charge on any atom is 0.191 e. The number of hydrogen-bond acceptors (Lipinski definition) is 4. The number of ether oxygens (including phenoxy) is 2. The van der Waals surface area contributed by atoms with E-state index in [4.69, 9.17) is 14.5 Å². The van der Waals surface area contributed by atoms with Gasteiger partial charge in [0.05, 0.1) is 6.54 Å². The smallest absolute Gasteiger partial charge is 0.191 e. The van der Waals surface area contributed by atoms with Crippen molar-refractivity contribution in [2.24, 2.45) is 10.9 Å². The van der Waals surface area contributed by atoms with Crippen LogP contribution in [0, 0.1) is 5.92 Å².